The minimum absolute atomic E-state index is 0.0450. The van der Waals surface area contributed by atoms with Gasteiger partial charge in [0, 0.05) is 12.6 Å². The first-order valence-corrected chi connectivity index (χ1v) is 5.74. The number of anilines is 1. The van der Waals surface area contributed by atoms with Crippen LogP contribution in [0, 0.1) is 0 Å². The topological polar surface area (TPSA) is 29.1 Å². The summed E-state index contributed by atoms with van der Waals surface area (Å²) in [6.07, 6.45) is 0. The number of benzene rings is 1. The van der Waals surface area contributed by atoms with Gasteiger partial charge in [-0.15, -0.1) is 0 Å². The third-order valence-corrected chi connectivity index (χ3v) is 2.84. The van der Waals surface area contributed by atoms with Crippen LogP contribution in [0.2, 0.25) is 10.0 Å². The number of Topliss-reactive ketones (excluding diaryl/α,β-unsaturated/α-hetero) is 1. The molecule has 0 unspecified atom stereocenters. The van der Waals surface area contributed by atoms with Crippen LogP contribution in [0.3, 0.4) is 0 Å². The third-order valence-electron chi connectivity index (χ3n) is 1.74. The predicted octanol–water partition coefficient (Wildman–Crippen LogP) is 3.61. The number of halogens is 3. The summed E-state index contributed by atoms with van der Waals surface area (Å²) < 4.78 is 0. The number of nitrogens with one attached hydrogen (secondary N) is 1. The van der Waals surface area contributed by atoms with E-state index in [1.165, 1.54) is 0 Å². The maximum atomic E-state index is 11.3. The van der Waals surface area contributed by atoms with Crippen molar-refractivity contribution >= 4 is 50.6 Å². The Labute approximate surface area is 101 Å². The summed E-state index contributed by atoms with van der Waals surface area (Å²) in [6.45, 7) is 0. The van der Waals surface area contributed by atoms with Gasteiger partial charge in [0.05, 0.1) is 21.1 Å². The quantitative estimate of drug-likeness (QED) is 0.682. The van der Waals surface area contributed by atoms with Crippen molar-refractivity contribution in [3.05, 3.63) is 27.7 Å². The molecule has 0 aromatic heterocycles. The maximum Gasteiger partial charge on any atom is 0.173 e. The molecule has 0 amide bonds. The summed E-state index contributed by atoms with van der Waals surface area (Å²) in [6, 6.07) is 3.20. The van der Waals surface area contributed by atoms with E-state index in [4.69, 9.17) is 23.2 Å². The van der Waals surface area contributed by atoms with E-state index in [9.17, 15) is 4.79 Å². The number of alkyl halides is 1. The Kier molecular flexibility index (Phi) is 4.23. The summed E-state index contributed by atoms with van der Waals surface area (Å²) in [5, 5.41) is 4.02. The second kappa shape index (κ2) is 5.01. The van der Waals surface area contributed by atoms with Crippen molar-refractivity contribution in [3.8, 4) is 0 Å². The number of hydrogen-bond donors (Lipinski definition) is 1. The number of carbonyl (C=O) groups excluding carboxylic acids is 1. The Morgan fingerprint density at radius 3 is 2.29 bits per heavy atom. The van der Waals surface area contributed by atoms with Gasteiger partial charge in [0.25, 0.3) is 0 Å². The molecule has 0 aliphatic heterocycles. The van der Waals surface area contributed by atoms with Gasteiger partial charge in [0.1, 0.15) is 0 Å². The molecule has 0 saturated carbocycles. The van der Waals surface area contributed by atoms with Crippen LogP contribution in [0.15, 0.2) is 12.1 Å². The van der Waals surface area contributed by atoms with Crippen molar-refractivity contribution in [2.24, 2.45) is 0 Å². The number of rotatable bonds is 3. The molecular formula is C9H8BrCl2NO. The standard InChI is InChI=1S/C9H8BrCl2NO/c1-13-9-6(11)2-5(3-7(9)12)8(14)4-10/h2-3,13H,4H2,1H3. The van der Waals surface area contributed by atoms with Crippen LogP contribution in [-0.2, 0) is 0 Å². The van der Waals surface area contributed by atoms with E-state index >= 15 is 0 Å². The molecule has 1 aromatic carbocycles. The number of ketones is 1. The number of hydrogen-bond acceptors (Lipinski definition) is 2. The van der Waals surface area contributed by atoms with Crippen molar-refractivity contribution in [2.75, 3.05) is 17.7 Å². The third kappa shape index (κ3) is 2.41. The molecule has 1 rings (SSSR count). The van der Waals surface area contributed by atoms with E-state index in [1.54, 1.807) is 19.2 Å². The summed E-state index contributed by atoms with van der Waals surface area (Å²) >= 11 is 14.9. The minimum Gasteiger partial charge on any atom is -0.386 e. The van der Waals surface area contributed by atoms with Crippen molar-refractivity contribution in [1.82, 2.24) is 0 Å². The van der Waals surface area contributed by atoms with E-state index in [1.807, 2.05) is 0 Å². The molecule has 0 fully saturated rings. The van der Waals surface area contributed by atoms with Gasteiger partial charge in [0.15, 0.2) is 5.78 Å². The average molecular weight is 297 g/mol. The van der Waals surface area contributed by atoms with Crippen LogP contribution in [0.4, 0.5) is 5.69 Å². The zero-order chi connectivity index (χ0) is 10.7. The lowest BCUT2D eigenvalue weighted by Gasteiger charge is -2.07. The molecule has 0 bridgehead atoms. The molecular weight excluding hydrogens is 289 g/mol. The summed E-state index contributed by atoms with van der Waals surface area (Å²) in [4.78, 5) is 11.3. The zero-order valence-electron chi connectivity index (χ0n) is 7.40. The molecule has 76 valence electrons. The molecule has 2 nitrogen and oxygen atoms in total. The van der Waals surface area contributed by atoms with E-state index in [0.29, 0.717) is 21.3 Å². The Morgan fingerprint density at radius 1 is 1.43 bits per heavy atom. The maximum absolute atomic E-state index is 11.3. The highest BCUT2D eigenvalue weighted by Gasteiger charge is 2.10. The molecule has 0 saturated heterocycles. The zero-order valence-corrected chi connectivity index (χ0v) is 10.5. The highest BCUT2D eigenvalue weighted by molar-refractivity contribution is 9.09. The van der Waals surface area contributed by atoms with Gasteiger partial charge in [-0.05, 0) is 12.1 Å². The van der Waals surface area contributed by atoms with Crippen molar-refractivity contribution in [1.29, 1.82) is 0 Å². The van der Waals surface area contributed by atoms with E-state index in [2.05, 4.69) is 21.2 Å². The monoisotopic (exact) mass is 295 g/mol. The van der Waals surface area contributed by atoms with Crippen LogP contribution in [-0.4, -0.2) is 18.2 Å². The molecule has 14 heavy (non-hydrogen) atoms. The first-order valence-electron chi connectivity index (χ1n) is 3.86. The Balaban J connectivity index is 3.20. The van der Waals surface area contributed by atoms with Crippen molar-refractivity contribution in [3.63, 3.8) is 0 Å². The summed E-state index contributed by atoms with van der Waals surface area (Å²) in [5.41, 5.74) is 1.15. The normalized spacial score (nSPS) is 10.0. The Bertz CT molecular complexity index is 345. The SMILES string of the molecule is CNc1c(Cl)cc(C(=O)CBr)cc1Cl. The molecule has 1 aromatic rings. The molecule has 0 spiro atoms. The smallest absolute Gasteiger partial charge is 0.173 e. The molecule has 0 aliphatic rings. The minimum atomic E-state index is -0.0450. The van der Waals surface area contributed by atoms with Crippen LogP contribution >= 0.6 is 39.1 Å². The van der Waals surface area contributed by atoms with E-state index in [-0.39, 0.29) is 11.1 Å². The highest BCUT2D eigenvalue weighted by atomic mass is 79.9. The van der Waals surface area contributed by atoms with Gasteiger partial charge in [0.2, 0.25) is 0 Å². The van der Waals surface area contributed by atoms with E-state index < -0.39 is 0 Å². The van der Waals surface area contributed by atoms with Crippen LogP contribution < -0.4 is 5.32 Å². The number of carbonyl (C=O) groups is 1. The van der Waals surface area contributed by atoms with Gasteiger partial charge < -0.3 is 5.32 Å². The van der Waals surface area contributed by atoms with Gasteiger partial charge in [-0.3, -0.25) is 4.79 Å². The Hall–Kier alpha value is -0.250. The Morgan fingerprint density at radius 2 is 1.93 bits per heavy atom. The fourth-order valence-electron chi connectivity index (χ4n) is 1.05. The van der Waals surface area contributed by atoms with Gasteiger partial charge in [-0.25, -0.2) is 0 Å². The second-order valence-electron chi connectivity index (χ2n) is 2.62. The van der Waals surface area contributed by atoms with Gasteiger partial charge in [-0.1, -0.05) is 39.1 Å². The lowest BCUT2D eigenvalue weighted by molar-refractivity contribution is 0.102. The fraction of sp³-hybridized carbons (Fsp3) is 0.222. The van der Waals surface area contributed by atoms with Crippen LogP contribution in [0.1, 0.15) is 10.4 Å². The first-order chi connectivity index (χ1) is 6.60. The predicted molar refractivity (Wildman–Crippen MR) is 64.1 cm³/mol. The molecule has 0 atom stereocenters. The lowest BCUT2D eigenvalue weighted by atomic mass is 10.1. The van der Waals surface area contributed by atoms with Crippen LogP contribution in [0.25, 0.3) is 0 Å². The summed E-state index contributed by atoms with van der Waals surface area (Å²) in [5.74, 6) is -0.0450. The molecule has 0 heterocycles. The van der Waals surface area contributed by atoms with Crippen LogP contribution in [0.5, 0.6) is 0 Å². The molecule has 0 radical (unpaired) electrons. The fourth-order valence-corrected chi connectivity index (χ4v) is 2.05. The molecule has 1 N–H and O–H groups in total. The highest BCUT2D eigenvalue weighted by Crippen LogP contribution is 2.31. The average Bonchev–Trinajstić information content (AvgIpc) is 2.16. The summed E-state index contributed by atoms with van der Waals surface area (Å²) in [7, 11) is 1.72. The second-order valence-corrected chi connectivity index (χ2v) is 4.00. The van der Waals surface area contributed by atoms with Gasteiger partial charge in [-0.2, -0.15) is 0 Å². The van der Waals surface area contributed by atoms with Crippen molar-refractivity contribution in [2.45, 2.75) is 0 Å². The largest absolute Gasteiger partial charge is 0.386 e. The molecule has 5 heteroatoms. The van der Waals surface area contributed by atoms with Crippen molar-refractivity contribution < 1.29 is 4.79 Å². The molecule has 0 aliphatic carbocycles. The first kappa shape index (κ1) is 11.8. The van der Waals surface area contributed by atoms with Gasteiger partial charge >= 0.3 is 0 Å². The lowest BCUT2D eigenvalue weighted by Crippen LogP contribution is -2.01. The van der Waals surface area contributed by atoms with E-state index in [0.717, 1.165) is 0 Å².